The molecular formula is C9H14N4OS2. The molecule has 1 aliphatic heterocycles. The zero-order chi connectivity index (χ0) is 12.0. The maximum Gasteiger partial charge on any atom is 0.218 e. The van der Waals surface area contributed by atoms with Gasteiger partial charge >= 0.3 is 0 Å². The van der Waals surface area contributed by atoms with Gasteiger partial charge in [0, 0.05) is 29.7 Å². The molecule has 0 bridgehead atoms. The topological polar surface area (TPSA) is 105 Å². The Bertz CT molecular complexity index is 351. The zero-order valence-corrected chi connectivity index (χ0v) is 10.3. The van der Waals surface area contributed by atoms with Crippen LogP contribution in [0.3, 0.4) is 0 Å². The minimum Gasteiger partial charge on any atom is -0.384 e. The first-order chi connectivity index (χ1) is 7.58. The van der Waals surface area contributed by atoms with E-state index < -0.39 is 0 Å². The lowest BCUT2D eigenvalue weighted by Crippen LogP contribution is -2.13. The summed E-state index contributed by atoms with van der Waals surface area (Å²) in [6.07, 6.45) is 1.98. The Labute approximate surface area is 103 Å². The summed E-state index contributed by atoms with van der Waals surface area (Å²) in [5, 5.41) is 13.1. The highest BCUT2D eigenvalue weighted by Crippen LogP contribution is 2.25. The maximum absolute atomic E-state index is 10.5. The van der Waals surface area contributed by atoms with Crippen molar-refractivity contribution in [1.29, 1.82) is 5.41 Å². The number of carbonyl (C=O) groups is 1. The van der Waals surface area contributed by atoms with Gasteiger partial charge in [-0.25, -0.2) is 0 Å². The summed E-state index contributed by atoms with van der Waals surface area (Å²) in [5.41, 5.74) is 11.3. The first kappa shape index (κ1) is 13.0. The van der Waals surface area contributed by atoms with Crippen LogP contribution in [0.15, 0.2) is 22.2 Å². The Kier molecular flexibility index (Phi) is 5.27. The standard InChI is InChI=1S/C9H14N4OS2/c10-7(11)3-9-13-6(5-16-9)4-15-2-1-8(12)14/h3,5,13H,1-2,4H2,(H3,10,11)(H2,12,14)/b9-3-. The van der Waals surface area contributed by atoms with Gasteiger partial charge in [0.25, 0.3) is 0 Å². The third-order valence-electron chi connectivity index (χ3n) is 1.65. The van der Waals surface area contributed by atoms with Crippen molar-refractivity contribution in [3.8, 4) is 0 Å². The van der Waals surface area contributed by atoms with E-state index in [2.05, 4.69) is 5.32 Å². The van der Waals surface area contributed by atoms with E-state index in [1.165, 1.54) is 11.8 Å². The summed E-state index contributed by atoms with van der Waals surface area (Å²) >= 11 is 3.15. The van der Waals surface area contributed by atoms with E-state index in [9.17, 15) is 4.79 Å². The van der Waals surface area contributed by atoms with Crippen molar-refractivity contribution in [2.45, 2.75) is 6.42 Å². The minimum absolute atomic E-state index is 0.0334. The van der Waals surface area contributed by atoms with Crippen molar-refractivity contribution < 1.29 is 4.79 Å². The molecule has 0 aromatic carbocycles. The van der Waals surface area contributed by atoms with Crippen molar-refractivity contribution in [2.24, 2.45) is 11.5 Å². The van der Waals surface area contributed by atoms with Crippen molar-refractivity contribution >= 4 is 35.3 Å². The lowest BCUT2D eigenvalue weighted by Gasteiger charge is -2.03. The van der Waals surface area contributed by atoms with Crippen molar-refractivity contribution in [1.82, 2.24) is 5.32 Å². The molecule has 7 heteroatoms. The Morgan fingerprint density at radius 1 is 1.62 bits per heavy atom. The third kappa shape index (κ3) is 5.13. The molecule has 0 aliphatic carbocycles. The van der Waals surface area contributed by atoms with Crippen LogP contribution >= 0.6 is 23.5 Å². The van der Waals surface area contributed by atoms with Crippen LogP contribution in [0.2, 0.25) is 0 Å². The molecule has 0 aromatic heterocycles. The van der Waals surface area contributed by atoms with Gasteiger partial charge < -0.3 is 16.8 Å². The number of amides is 1. The van der Waals surface area contributed by atoms with E-state index in [1.54, 1.807) is 17.8 Å². The number of primary amides is 1. The highest BCUT2D eigenvalue weighted by molar-refractivity contribution is 8.06. The van der Waals surface area contributed by atoms with Crippen molar-refractivity contribution in [3.05, 3.63) is 22.2 Å². The molecule has 0 unspecified atom stereocenters. The van der Waals surface area contributed by atoms with Gasteiger partial charge in [-0.05, 0) is 5.41 Å². The molecule has 1 rings (SSSR count). The highest BCUT2D eigenvalue weighted by atomic mass is 32.2. The molecule has 16 heavy (non-hydrogen) atoms. The summed E-state index contributed by atoms with van der Waals surface area (Å²) in [6, 6.07) is 0. The average Bonchev–Trinajstić information content (AvgIpc) is 2.59. The van der Waals surface area contributed by atoms with Gasteiger partial charge in [-0.2, -0.15) is 11.8 Å². The molecule has 1 amide bonds. The number of nitrogens with two attached hydrogens (primary N) is 2. The van der Waals surface area contributed by atoms with Crippen LogP contribution in [-0.4, -0.2) is 23.2 Å². The molecule has 5 nitrogen and oxygen atoms in total. The number of rotatable bonds is 6. The molecule has 1 aliphatic rings. The lowest BCUT2D eigenvalue weighted by molar-refractivity contribution is -0.117. The maximum atomic E-state index is 10.5. The van der Waals surface area contributed by atoms with E-state index in [0.717, 1.165) is 22.2 Å². The molecule has 0 spiro atoms. The summed E-state index contributed by atoms with van der Waals surface area (Å²) in [6.45, 7) is 0. The van der Waals surface area contributed by atoms with Crippen LogP contribution < -0.4 is 16.8 Å². The van der Waals surface area contributed by atoms with E-state index in [1.807, 2.05) is 5.41 Å². The second-order valence-electron chi connectivity index (χ2n) is 3.12. The highest BCUT2D eigenvalue weighted by Gasteiger charge is 2.09. The van der Waals surface area contributed by atoms with Crippen LogP contribution in [0.25, 0.3) is 0 Å². The van der Waals surface area contributed by atoms with Gasteiger partial charge in [0.2, 0.25) is 5.91 Å². The fraction of sp³-hybridized carbons (Fsp3) is 0.333. The molecule has 0 saturated carbocycles. The molecule has 0 saturated heterocycles. The first-order valence-corrected chi connectivity index (χ1v) is 6.66. The monoisotopic (exact) mass is 258 g/mol. The molecule has 0 fully saturated rings. The van der Waals surface area contributed by atoms with Gasteiger partial charge in [0.05, 0.1) is 5.03 Å². The molecule has 0 atom stereocenters. The minimum atomic E-state index is -0.271. The molecule has 0 radical (unpaired) electrons. The Morgan fingerprint density at radius 2 is 2.38 bits per heavy atom. The summed E-state index contributed by atoms with van der Waals surface area (Å²) in [7, 11) is 0. The summed E-state index contributed by atoms with van der Waals surface area (Å²) < 4.78 is 0. The number of hydrogen-bond acceptors (Lipinski definition) is 5. The molecule has 1 heterocycles. The van der Waals surface area contributed by atoms with Gasteiger partial charge in [-0.15, -0.1) is 0 Å². The third-order valence-corrected chi connectivity index (χ3v) is 3.53. The second-order valence-corrected chi connectivity index (χ2v) is 5.14. The number of carbonyl (C=O) groups excluding carboxylic acids is 1. The molecule has 88 valence electrons. The van der Waals surface area contributed by atoms with Crippen LogP contribution in [0.5, 0.6) is 0 Å². The SMILES string of the molecule is N=C(N)/C=C1/NC(CSCCC(N)=O)=CS1. The smallest absolute Gasteiger partial charge is 0.218 e. The van der Waals surface area contributed by atoms with Crippen LogP contribution in [0.4, 0.5) is 0 Å². The van der Waals surface area contributed by atoms with Crippen LogP contribution in [0.1, 0.15) is 6.42 Å². The Morgan fingerprint density at radius 3 is 3.00 bits per heavy atom. The number of nitrogens with one attached hydrogen (secondary N) is 2. The van der Waals surface area contributed by atoms with E-state index in [-0.39, 0.29) is 11.7 Å². The van der Waals surface area contributed by atoms with Crippen LogP contribution in [0, 0.1) is 5.41 Å². The van der Waals surface area contributed by atoms with E-state index in [4.69, 9.17) is 16.9 Å². The summed E-state index contributed by atoms with van der Waals surface area (Å²) in [4.78, 5) is 10.5. The fourth-order valence-electron chi connectivity index (χ4n) is 0.988. The fourth-order valence-corrected chi connectivity index (χ4v) is 2.76. The number of amidine groups is 1. The Balaban J connectivity index is 2.21. The predicted octanol–water partition coefficient (Wildman–Crippen LogP) is 0.550. The number of thioether (sulfide) groups is 2. The molecule has 6 N–H and O–H groups in total. The van der Waals surface area contributed by atoms with Gasteiger partial charge in [-0.3, -0.25) is 10.2 Å². The zero-order valence-electron chi connectivity index (χ0n) is 8.66. The summed E-state index contributed by atoms with van der Waals surface area (Å²) in [5.74, 6) is 1.29. The average molecular weight is 258 g/mol. The lowest BCUT2D eigenvalue weighted by atomic mass is 10.5. The van der Waals surface area contributed by atoms with Gasteiger partial charge in [0.1, 0.15) is 5.84 Å². The molecule has 0 aromatic rings. The normalized spacial score (nSPS) is 17.0. The number of hydrogen-bond donors (Lipinski definition) is 4. The van der Waals surface area contributed by atoms with Crippen molar-refractivity contribution in [3.63, 3.8) is 0 Å². The van der Waals surface area contributed by atoms with Crippen LogP contribution in [-0.2, 0) is 4.79 Å². The van der Waals surface area contributed by atoms with E-state index in [0.29, 0.717) is 6.42 Å². The first-order valence-electron chi connectivity index (χ1n) is 4.62. The van der Waals surface area contributed by atoms with E-state index >= 15 is 0 Å². The van der Waals surface area contributed by atoms with Gasteiger partial charge in [0.15, 0.2) is 0 Å². The quantitative estimate of drug-likeness (QED) is 0.316. The Hall–Kier alpha value is -1.08. The van der Waals surface area contributed by atoms with Crippen molar-refractivity contribution in [2.75, 3.05) is 11.5 Å². The second kappa shape index (κ2) is 6.49. The molecular weight excluding hydrogens is 244 g/mol. The predicted molar refractivity (Wildman–Crippen MR) is 69.9 cm³/mol. The van der Waals surface area contributed by atoms with Gasteiger partial charge in [-0.1, -0.05) is 11.8 Å². The largest absolute Gasteiger partial charge is 0.384 e.